The second-order valence-electron chi connectivity index (χ2n) is 14.0. The van der Waals surface area contributed by atoms with E-state index in [4.69, 9.17) is 0 Å². The quantitative estimate of drug-likeness (QED) is 0.184. The fourth-order valence-corrected chi connectivity index (χ4v) is 8.83. The highest BCUT2D eigenvalue weighted by Gasteiger charge is 2.22. The van der Waals surface area contributed by atoms with Crippen LogP contribution in [-0.2, 0) is 0 Å². The number of nitrogens with zero attached hydrogens (tertiary/aromatic N) is 5. The summed E-state index contributed by atoms with van der Waals surface area (Å²) in [5.74, 6) is 0. The summed E-state index contributed by atoms with van der Waals surface area (Å²) in [5.41, 5.74) is 12.5. The van der Waals surface area contributed by atoms with E-state index in [1.165, 1.54) is 10.8 Å². The van der Waals surface area contributed by atoms with Crippen molar-refractivity contribution in [2.24, 2.45) is 0 Å². The molecule has 11 rings (SSSR count). The van der Waals surface area contributed by atoms with Crippen molar-refractivity contribution >= 4 is 65.4 Å². The van der Waals surface area contributed by atoms with Crippen LogP contribution in [0.5, 0.6) is 0 Å². The van der Waals surface area contributed by atoms with Crippen molar-refractivity contribution in [3.05, 3.63) is 187 Å². The van der Waals surface area contributed by atoms with Gasteiger partial charge in [-0.2, -0.15) is 10.5 Å². The number of benzene rings is 8. The molecule has 0 unspecified atom stereocenters. The Labute approximate surface area is 316 Å². The molecule has 0 saturated heterocycles. The zero-order valence-corrected chi connectivity index (χ0v) is 29.5. The number of hydrogen-bond donors (Lipinski definition) is 0. The zero-order valence-electron chi connectivity index (χ0n) is 29.5. The minimum Gasteiger partial charge on any atom is -0.309 e. The molecule has 0 aliphatic rings. The third-order valence-corrected chi connectivity index (χ3v) is 11.1. The summed E-state index contributed by atoms with van der Waals surface area (Å²) in [6.07, 6.45) is 0. The Morgan fingerprint density at radius 2 is 0.855 bits per heavy atom. The number of aromatic nitrogens is 3. The molecule has 11 aromatic rings. The lowest BCUT2D eigenvalue weighted by Crippen LogP contribution is -2.02. The van der Waals surface area contributed by atoms with E-state index >= 15 is 0 Å². The summed E-state index contributed by atoms with van der Waals surface area (Å²) in [5, 5.41) is 27.4. The van der Waals surface area contributed by atoms with Gasteiger partial charge >= 0.3 is 0 Å². The Morgan fingerprint density at radius 3 is 1.51 bits per heavy atom. The van der Waals surface area contributed by atoms with Crippen LogP contribution in [0.2, 0.25) is 0 Å². The molecule has 0 saturated carbocycles. The van der Waals surface area contributed by atoms with E-state index in [9.17, 15) is 10.5 Å². The van der Waals surface area contributed by atoms with Crippen LogP contribution in [0.15, 0.2) is 176 Å². The Morgan fingerprint density at radius 1 is 0.345 bits per heavy atom. The molecule has 5 heteroatoms. The number of nitriles is 2. The van der Waals surface area contributed by atoms with Crippen molar-refractivity contribution in [1.82, 2.24) is 13.7 Å². The van der Waals surface area contributed by atoms with Crippen LogP contribution in [0.4, 0.5) is 0 Å². The molecule has 55 heavy (non-hydrogen) atoms. The van der Waals surface area contributed by atoms with Gasteiger partial charge in [0.2, 0.25) is 0 Å². The highest BCUT2D eigenvalue weighted by atomic mass is 15.1. The van der Waals surface area contributed by atoms with Gasteiger partial charge in [-0.05, 0) is 66.7 Å². The van der Waals surface area contributed by atoms with Gasteiger partial charge in [0.15, 0.2) is 0 Å². The van der Waals surface area contributed by atoms with Gasteiger partial charge in [-0.1, -0.05) is 109 Å². The fourth-order valence-electron chi connectivity index (χ4n) is 8.83. The van der Waals surface area contributed by atoms with Gasteiger partial charge in [0.1, 0.15) is 0 Å². The normalized spacial score (nSPS) is 11.6. The van der Waals surface area contributed by atoms with Crippen LogP contribution in [0.3, 0.4) is 0 Å². The molecule has 254 valence electrons. The van der Waals surface area contributed by atoms with Crippen molar-refractivity contribution in [2.45, 2.75) is 0 Å². The fraction of sp³-hybridized carbons (Fsp3) is 0. The molecule has 0 atom stereocenters. The molecule has 5 nitrogen and oxygen atoms in total. The molecular formula is C50H29N5. The molecular weight excluding hydrogens is 671 g/mol. The largest absolute Gasteiger partial charge is 0.309 e. The Balaban J connectivity index is 1.17. The minimum absolute atomic E-state index is 0.593. The third kappa shape index (κ3) is 4.39. The van der Waals surface area contributed by atoms with Crippen LogP contribution < -0.4 is 0 Å². The van der Waals surface area contributed by atoms with Gasteiger partial charge in [0, 0.05) is 49.1 Å². The second-order valence-corrected chi connectivity index (χ2v) is 14.0. The lowest BCUT2D eigenvalue weighted by Gasteiger charge is -2.17. The van der Waals surface area contributed by atoms with Crippen LogP contribution >= 0.6 is 0 Å². The zero-order chi connectivity index (χ0) is 36.6. The highest BCUT2D eigenvalue weighted by Crippen LogP contribution is 2.42. The predicted octanol–water partition coefficient (Wildman–Crippen LogP) is 12.4. The van der Waals surface area contributed by atoms with Crippen molar-refractivity contribution in [1.29, 1.82) is 10.5 Å². The summed E-state index contributed by atoms with van der Waals surface area (Å²) >= 11 is 0. The van der Waals surface area contributed by atoms with E-state index in [1.54, 1.807) is 0 Å². The summed E-state index contributed by atoms with van der Waals surface area (Å²) in [4.78, 5) is 0. The van der Waals surface area contributed by atoms with Crippen molar-refractivity contribution in [3.63, 3.8) is 0 Å². The second kappa shape index (κ2) is 11.8. The van der Waals surface area contributed by atoms with Gasteiger partial charge < -0.3 is 13.7 Å². The summed E-state index contributed by atoms with van der Waals surface area (Å²) < 4.78 is 6.93. The van der Waals surface area contributed by atoms with Gasteiger partial charge in [-0.15, -0.1) is 0 Å². The summed E-state index contributed by atoms with van der Waals surface area (Å²) in [6.45, 7) is 0. The van der Waals surface area contributed by atoms with E-state index in [0.717, 1.165) is 82.8 Å². The van der Waals surface area contributed by atoms with Crippen molar-refractivity contribution < 1.29 is 0 Å². The van der Waals surface area contributed by atoms with Crippen molar-refractivity contribution in [2.75, 3.05) is 0 Å². The summed E-state index contributed by atoms with van der Waals surface area (Å²) in [6, 6.07) is 65.9. The van der Waals surface area contributed by atoms with Crippen LogP contribution in [0.1, 0.15) is 11.1 Å². The van der Waals surface area contributed by atoms with E-state index in [2.05, 4.69) is 171 Å². The molecule has 3 aromatic heterocycles. The molecule has 0 aliphatic heterocycles. The SMILES string of the molecule is N#Cc1ccc2c(c1)c1ccccc1n2-c1cccc2c3ccccc3n(-c3ccc(-c4ccccc4-n4c5ccccc5c5ccccc54)c(C#N)c3)c12. The summed E-state index contributed by atoms with van der Waals surface area (Å²) in [7, 11) is 0. The molecule has 0 bridgehead atoms. The molecule has 0 amide bonds. The smallest absolute Gasteiger partial charge is 0.0998 e. The Bertz CT molecular complexity index is 3420. The monoisotopic (exact) mass is 699 g/mol. The van der Waals surface area contributed by atoms with Gasteiger partial charge in [-0.3, -0.25) is 0 Å². The first-order chi connectivity index (χ1) is 27.2. The first kappa shape index (κ1) is 30.7. The van der Waals surface area contributed by atoms with E-state index < -0.39 is 0 Å². The maximum Gasteiger partial charge on any atom is 0.0998 e. The lowest BCUT2D eigenvalue weighted by molar-refractivity contribution is 1.13. The Kier molecular flexibility index (Phi) is 6.61. The minimum atomic E-state index is 0.593. The number of hydrogen-bond acceptors (Lipinski definition) is 2. The van der Waals surface area contributed by atoms with Crippen LogP contribution in [0, 0.1) is 22.7 Å². The van der Waals surface area contributed by atoms with Gasteiger partial charge in [-0.25, -0.2) is 0 Å². The molecule has 0 spiro atoms. The maximum atomic E-state index is 10.9. The highest BCUT2D eigenvalue weighted by molar-refractivity contribution is 6.15. The molecule has 3 heterocycles. The van der Waals surface area contributed by atoms with Gasteiger partial charge in [0.05, 0.1) is 67.7 Å². The van der Waals surface area contributed by atoms with Gasteiger partial charge in [0.25, 0.3) is 0 Å². The first-order valence-electron chi connectivity index (χ1n) is 18.3. The molecule has 0 N–H and O–H groups in total. The van der Waals surface area contributed by atoms with Crippen molar-refractivity contribution in [3.8, 4) is 40.3 Å². The molecule has 0 radical (unpaired) electrons. The standard InChI is InChI=1S/C50H29N5/c51-30-32-24-27-48-42(28-32)40-16-5-10-22-47(40)55(48)49-23-11-17-41-39-15-4-6-18-43(39)53(50(41)49)34-25-26-35(33(29-34)31-52)36-12-1-7-19-44(36)54-45-20-8-2-13-37(45)38-14-3-9-21-46(38)54/h1-29H. The topological polar surface area (TPSA) is 62.4 Å². The third-order valence-electron chi connectivity index (χ3n) is 11.1. The maximum absolute atomic E-state index is 10.9. The predicted molar refractivity (Wildman–Crippen MR) is 224 cm³/mol. The molecule has 0 aliphatic carbocycles. The Hall–Kier alpha value is -7.86. The van der Waals surface area contributed by atoms with E-state index in [1.807, 2.05) is 30.3 Å². The lowest BCUT2D eigenvalue weighted by atomic mass is 9.97. The molecule has 8 aromatic carbocycles. The average Bonchev–Trinajstić information content (AvgIpc) is 3.89. The van der Waals surface area contributed by atoms with Crippen LogP contribution in [0.25, 0.3) is 93.6 Å². The van der Waals surface area contributed by atoms with Crippen LogP contribution in [-0.4, -0.2) is 13.7 Å². The first-order valence-corrected chi connectivity index (χ1v) is 18.3. The van der Waals surface area contributed by atoms with E-state index in [0.29, 0.717) is 11.1 Å². The van der Waals surface area contributed by atoms with E-state index in [-0.39, 0.29) is 0 Å². The average molecular weight is 700 g/mol. The number of para-hydroxylation sites is 6. The number of fused-ring (bicyclic) bond motifs is 9. The molecule has 0 fully saturated rings. The number of rotatable bonds is 4.